The molecule has 2 nitrogen and oxygen atoms in total. The van der Waals surface area contributed by atoms with Crippen LogP contribution < -0.4 is 0 Å². The van der Waals surface area contributed by atoms with Gasteiger partial charge in [-0.15, -0.1) is 11.6 Å². The van der Waals surface area contributed by atoms with Gasteiger partial charge in [-0.2, -0.15) is 0 Å². The van der Waals surface area contributed by atoms with Gasteiger partial charge in [0.25, 0.3) is 0 Å². The molecular weight excluding hydrogens is 427 g/mol. The molecule has 0 amide bonds. The van der Waals surface area contributed by atoms with Crippen molar-refractivity contribution in [3.05, 3.63) is 56.2 Å². The van der Waals surface area contributed by atoms with E-state index in [9.17, 15) is 0 Å². The van der Waals surface area contributed by atoms with Crippen LogP contribution in [0.15, 0.2) is 45.3 Å². The number of nitrogens with zero attached hydrogens (tertiary/aromatic N) is 2. The average molecular weight is 435 g/mol. The normalized spacial score (nSPS) is 11.2. The third kappa shape index (κ3) is 2.50. The Hall–Kier alpha value is -0.550. The van der Waals surface area contributed by atoms with Crippen molar-refractivity contribution in [2.24, 2.45) is 0 Å². The van der Waals surface area contributed by atoms with Crippen molar-refractivity contribution in [3.63, 3.8) is 0 Å². The lowest BCUT2D eigenvalue weighted by molar-refractivity contribution is 0.981. The second kappa shape index (κ2) is 5.68. The molecule has 0 fully saturated rings. The van der Waals surface area contributed by atoms with Gasteiger partial charge in [0.15, 0.2) is 0 Å². The molecule has 0 aliphatic heterocycles. The van der Waals surface area contributed by atoms with E-state index in [2.05, 4.69) is 36.8 Å². The molecule has 6 heteroatoms. The highest BCUT2D eigenvalue weighted by atomic mass is 79.9. The predicted molar refractivity (Wildman–Crippen MR) is 91.0 cm³/mol. The summed E-state index contributed by atoms with van der Waals surface area (Å²) in [7, 11) is 0. The first-order valence-corrected chi connectivity index (χ1v) is 8.28. The number of imidazole rings is 1. The minimum absolute atomic E-state index is 0.340. The predicted octanol–water partition coefficient (Wildman–Crippen LogP) is 5.94. The van der Waals surface area contributed by atoms with Crippen molar-refractivity contribution in [2.75, 3.05) is 0 Å². The van der Waals surface area contributed by atoms with Crippen molar-refractivity contribution in [1.82, 2.24) is 9.55 Å². The number of aromatic nitrogens is 2. The third-order valence-electron chi connectivity index (χ3n) is 2.97. The number of alkyl halides is 1. The summed E-state index contributed by atoms with van der Waals surface area (Å²) in [6, 6.07) is 11.7. The number of rotatable bonds is 2. The van der Waals surface area contributed by atoms with Gasteiger partial charge in [-0.25, -0.2) is 4.98 Å². The van der Waals surface area contributed by atoms with E-state index in [-0.39, 0.29) is 0 Å². The molecule has 20 heavy (non-hydrogen) atoms. The number of benzene rings is 2. The van der Waals surface area contributed by atoms with Crippen molar-refractivity contribution in [1.29, 1.82) is 0 Å². The fraction of sp³-hybridized carbons (Fsp3) is 0.0714. The summed E-state index contributed by atoms with van der Waals surface area (Å²) in [6.07, 6.45) is 0. The minimum Gasteiger partial charge on any atom is -0.295 e. The van der Waals surface area contributed by atoms with Crippen LogP contribution in [-0.2, 0) is 5.88 Å². The summed E-state index contributed by atoms with van der Waals surface area (Å²) in [4.78, 5) is 4.57. The maximum absolute atomic E-state index is 6.05. The summed E-state index contributed by atoms with van der Waals surface area (Å²) in [5.41, 5.74) is 2.89. The molecule has 0 N–H and O–H groups in total. The molecule has 1 aromatic heterocycles. The molecular formula is C14H8Br2Cl2N2. The van der Waals surface area contributed by atoms with Gasteiger partial charge in [0.05, 0.1) is 21.9 Å². The summed E-state index contributed by atoms with van der Waals surface area (Å²) in [5, 5.41) is 0.674. The SMILES string of the molecule is ClCc1nc2cc(Br)ccc2n1-c1ccc(Cl)c(Br)c1. The van der Waals surface area contributed by atoms with Crippen LogP contribution in [0, 0.1) is 0 Å². The van der Waals surface area contributed by atoms with E-state index in [0.29, 0.717) is 10.9 Å². The highest BCUT2D eigenvalue weighted by molar-refractivity contribution is 9.10. The van der Waals surface area contributed by atoms with Gasteiger partial charge >= 0.3 is 0 Å². The van der Waals surface area contributed by atoms with E-state index in [1.54, 1.807) is 0 Å². The van der Waals surface area contributed by atoms with Crippen LogP contribution in [0.4, 0.5) is 0 Å². The molecule has 0 atom stereocenters. The first-order chi connectivity index (χ1) is 9.60. The van der Waals surface area contributed by atoms with Gasteiger partial charge in [-0.1, -0.05) is 27.5 Å². The molecule has 3 aromatic rings. The van der Waals surface area contributed by atoms with Crippen LogP contribution >= 0.6 is 55.1 Å². The summed E-state index contributed by atoms with van der Waals surface area (Å²) < 4.78 is 3.87. The number of fused-ring (bicyclic) bond motifs is 1. The van der Waals surface area contributed by atoms with Crippen molar-refractivity contribution in [2.45, 2.75) is 5.88 Å². The molecule has 1 heterocycles. The number of hydrogen-bond donors (Lipinski definition) is 0. The molecule has 0 saturated carbocycles. The quantitative estimate of drug-likeness (QED) is 0.456. The molecule has 3 rings (SSSR count). The van der Waals surface area contributed by atoms with E-state index in [4.69, 9.17) is 23.2 Å². The molecule has 2 aromatic carbocycles. The van der Waals surface area contributed by atoms with Crippen molar-refractivity contribution in [3.8, 4) is 5.69 Å². The minimum atomic E-state index is 0.340. The zero-order chi connectivity index (χ0) is 14.3. The third-order valence-corrected chi connectivity index (χ3v) is 4.91. The highest BCUT2D eigenvalue weighted by Gasteiger charge is 2.12. The summed E-state index contributed by atoms with van der Waals surface area (Å²) in [5.74, 6) is 1.14. The molecule has 0 saturated heterocycles. The van der Waals surface area contributed by atoms with Crippen molar-refractivity contribution < 1.29 is 0 Å². The average Bonchev–Trinajstić information content (AvgIpc) is 2.79. The van der Waals surface area contributed by atoms with Gasteiger partial charge in [-0.05, 0) is 52.3 Å². The Labute approximate surface area is 143 Å². The topological polar surface area (TPSA) is 17.8 Å². The van der Waals surface area contributed by atoms with Crippen molar-refractivity contribution >= 4 is 66.1 Å². The Morgan fingerprint density at radius 3 is 2.60 bits per heavy atom. The Balaban J connectivity index is 2.30. The van der Waals surface area contributed by atoms with Gasteiger partial charge in [-0.3, -0.25) is 4.57 Å². The Morgan fingerprint density at radius 2 is 1.90 bits per heavy atom. The fourth-order valence-electron chi connectivity index (χ4n) is 2.11. The molecule has 0 radical (unpaired) electrons. The summed E-state index contributed by atoms with van der Waals surface area (Å²) >= 11 is 19.0. The van der Waals surface area contributed by atoms with Gasteiger partial charge in [0, 0.05) is 14.6 Å². The largest absolute Gasteiger partial charge is 0.295 e. The van der Waals surface area contributed by atoms with Crippen LogP contribution in [0.3, 0.4) is 0 Å². The Morgan fingerprint density at radius 1 is 1.10 bits per heavy atom. The molecule has 0 aliphatic rings. The molecule has 0 spiro atoms. The molecule has 0 aliphatic carbocycles. The fourth-order valence-corrected chi connectivity index (χ4v) is 3.12. The Bertz CT molecular complexity index is 799. The van der Waals surface area contributed by atoms with E-state index in [0.717, 1.165) is 31.5 Å². The second-order valence-electron chi connectivity index (χ2n) is 4.23. The zero-order valence-corrected chi connectivity index (χ0v) is 14.8. The lowest BCUT2D eigenvalue weighted by atomic mass is 10.3. The van der Waals surface area contributed by atoms with E-state index in [1.165, 1.54) is 0 Å². The first kappa shape index (κ1) is 14.4. The van der Waals surface area contributed by atoms with E-state index < -0.39 is 0 Å². The smallest absolute Gasteiger partial charge is 0.129 e. The standard InChI is InChI=1S/C14H8Br2Cl2N2/c15-8-1-4-13-12(5-8)19-14(7-17)20(13)9-2-3-11(18)10(16)6-9/h1-6H,7H2. The maximum atomic E-state index is 6.05. The van der Waals surface area contributed by atoms with Crippen LogP contribution in [-0.4, -0.2) is 9.55 Å². The zero-order valence-electron chi connectivity index (χ0n) is 10.1. The van der Waals surface area contributed by atoms with Gasteiger partial charge < -0.3 is 0 Å². The number of halogens is 4. The molecule has 0 unspecified atom stereocenters. The lowest BCUT2D eigenvalue weighted by Gasteiger charge is -2.09. The molecule has 0 bridgehead atoms. The van der Waals surface area contributed by atoms with Crippen LogP contribution in [0.1, 0.15) is 5.82 Å². The van der Waals surface area contributed by atoms with Crippen LogP contribution in [0.2, 0.25) is 5.02 Å². The number of hydrogen-bond acceptors (Lipinski definition) is 1. The first-order valence-electron chi connectivity index (χ1n) is 5.78. The Kier molecular flexibility index (Phi) is 4.09. The monoisotopic (exact) mass is 432 g/mol. The maximum Gasteiger partial charge on any atom is 0.129 e. The van der Waals surface area contributed by atoms with E-state index in [1.807, 2.05) is 41.0 Å². The van der Waals surface area contributed by atoms with Crippen LogP contribution in [0.25, 0.3) is 16.7 Å². The second-order valence-corrected chi connectivity index (χ2v) is 6.67. The van der Waals surface area contributed by atoms with E-state index >= 15 is 0 Å². The lowest BCUT2D eigenvalue weighted by Crippen LogP contribution is -1.99. The summed E-state index contributed by atoms with van der Waals surface area (Å²) in [6.45, 7) is 0. The van der Waals surface area contributed by atoms with Crippen LogP contribution in [0.5, 0.6) is 0 Å². The van der Waals surface area contributed by atoms with Gasteiger partial charge in [0.2, 0.25) is 0 Å². The highest BCUT2D eigenvalue weighted by Crippen LogP contribution is 2.29. The molecule has 102 valence electrons. The van der Waals surface area contributed by atoms with Gasteiger partial charge in [0.1, 0.15) is 5.82 Å².